The van der Waals surface area contributed by atoms with Gasteiger partial charge in [-0.25, -0.2) is 4.79 Å². The van der Waals surface area contributed by atoms with Gasteiger partial charge in [0.15, 0.2) is 0 Å². The topological polar surface area (TPSA) is 37.3 Å². The number of halogens is 2. The van der Waals surface area contributed by atoms with E-state index in [1.54, 1.807) is 11.3 Å². The van der Waals surface area contributed by atoms with Gasteiger partial charge in [-0.3, -0.25) is 0 Å². The molecule has 2 nitrogen and oxygen atoms in total. The van der Waals surface area contributed by atoms with Crippen LogP contribution in [0.2, 0.25) is 0 Å². The Bertz CT molecular complexity index is 601. The second kappa shape index (κ2) is 6.70. The summed E-state index contributed by atoms with van der Waals surface area (Å²) < 4.78 is 4.21. The van der Waals surface area contributed by atoms with E-state index in [0.717, 1.165) is 36.1 Å². The Morgan fingerprint density at radius 3 is 2.53 bits per heavy atom. The predicted molar refractivity (Wildman–Crippen MR) is 89.9 cm³/mol. The van der Waals surface area contributed by atoms with E-state index >= 15 is 0 Å². The first kappa shape index (κ1) is 15.5. The summed E-state index contributed by atoms with van der Waals surface area (Å²) in [5.41, 5.74) is 1.01. The van der Waals surface area contributed by atoms with Crippen molar-refractivity contribution in [2.45, 2.75) is 39.0 Å². The van der Waals surface area contributed by atoms with Crippen LogP contribution in [0.1, 0.15) is 47.8 Å². The van der Waals surface area contributed by atoms with Crippen LogP contribution in [-0.4, -0.2) is 11.1 Å². The SMILES string of the molecule is CCCCCCc1c(C(=O)O)sc2c(Br)c(Br)sc12. The van der Waals surface area contributed by atoms with E-state index in [0.29, 0.717) is 4.88 Å². The van der Waals surface area contributed by atoms with E-state index in [9.17, 15) is 9.90 Å². The summed E-state index contributed by atoms with van der Waals surface area (Å²) in [5, 5.41) is 9.34. The average molecular weight is 426 g/mol. The molecule has 0 aliphatic carbocycles. The lowest BCUT2D eigenvalue weighted by atomic mass is 10.1. The summed E-state index contributed by atoms with van der Waals surface area (Å²) in [6.45, 7) is 2.18. The van der Waals surface area contributed by atoms with Crippen molar-refractivity contribution in [2.24, 2.45) is 0 Å². The third-order valence-electron chi connectivity index (χ3n) is 3.00. The molecule has 1 N–H and O–H groups in total. The minimum Gasteiger partial charge on any atom is -0.477 e. The Balaban J connectivity index is 2.34. The van der Waals surface area contributed by atoms with Crippen LogP contribution in [-0.2, 0) is 6.42 Å². The summed E-state index contributed by atoms with van der Waals surface area (Å²) in [5.74, 6) is -0.804. The second-order valence-corrected chi connectivity index (χ2v) is 8.53. The van der Waals surface area contributed by atoms with E-state index in [1.165, 1.54) is 30.6 Å². The number of carboxylic acids is 1. The molecule has 104 valence electrons. The number of carboxylic acid groups (broad SMARTS) is 1. The van der Waals surface area contributed by atoms with Crippen LogP contribution in [0.15, 0.2) is 8.26 Å². The normalized spacial score (nSPS) is 11.3. The summed E-state index contributed by atoms with van der Waals surface area (Å²) in [4.78, 5) is 11.9. The van der Waals surface area contributed by atoms with E-state index in [-0.39, 0.29) is 0 Å². The third-order valence-corrected chi connectivity index (χ3v) is 8.13. The van der Waals surface area contributed by atoms with Gasteiger partial charge in [0.2, 0.25) is 0 Å². The monoisotopic (exact) mass is 424 g/mol. The lowest BCUT2D eigenvalue weighted by molar-refractivity contribution is 0.0701. The minimum absolute atomic E-state index is 0.506. The van der Waals surface area contributed by atoms with Gasteiger partial charge in [0.1, 0.15) is 4.88 Å². The molecule has 2 aromatic rings. The molecule has 0 aliphatic heterocycles. The molecule has 19 heavy (non-hydrogen) atoms. The van der Waals surface area contributed by atoms with Crippen LogP contribution in [0.5, 0.6) is 0 Å². The lowest BCUT2D eigenvalue weighted by Gasteiger charge is -2.01. The molecule has 0 saturated carbocycles. The van der Waals surface area contributed by atoms with Crippen molar-refractivity contribution in [1.82, 2.24) is 0 Å². The lowest BCUT2D eigenvalue weighted by Crippen LogP contribution is -1.97. The fourth-order valence-corrected chi connectivity index (χ4v) is 5.98. The molecule has 2 rings (SSSR count). The molecule has 0 bridgehead atoms. The zero-order chi connectivity index (χ0) is 14.0. The molecule has 0 radical (unpaired) electrons. The Morgan fingerprint density at radius 1 is 1.16 bits per heavy atom. The van der Waals surface area contributed by atoms with Crippen LogP contribution in [0.25, 0.3) is 9.40 Å². The molecule has 0 aromatic carbocycles. The van der Waals surface area contributed by atoms with Crippen molar-refractivity contribution in [3.63, 3.8) is 0 Å². The van der Waals surface area contributed by atoms with Crippen molar-refractivity contribution in [3.8, 4) is 0 Å². The van der Waals surface area contributed by atoms with Gasteiger partial charge in [-0.15, -0.1) is 22.7 Å². The number of fused-ring (bicyclic) bond motifs is 1. The zero-order valence-corrected chi connectivity index (χ0v) is 15.3. The molecule has 0 saturated heterocycles. The van der Waals surface area contributed by atoms with Crippen LogP contribution in [0, 0.1) is 0 Å². The molecule has 2 heterocycles. The highest BCUT2D eigenvalue weighted by Gasteiger charge is 2.22. The number of hydrogen-bond donors (Lipinski definition) is 1. The Kier molecular flexibility index (Phi) is 5.45. The molecule has 0 atom stereocenters. The minimum atomic E-state index is -0.804. The van der Waals surface area contributed by atoms with Crippen molar-refractivity contribution >= 4 is 69.9 Å². The van der Waals surface area contributed by atoms with E-state index < -0.39 is 5.97 Å². The quantitative estimate of drug-likeness (QED) is 0.550. The first-order valence-electron chi connectivity index (χ1n) is 6.18. The molecule has 0 amide bonds. The molecule has 0 fully saturated rings. The molecule has 2 aromatic heterocycles. The number of hydrogen-bond acceptors (Lipinski definition) is 3. The van der Waals surface area contributed by atoms with Gasteiger partial charge in [-0.05, 0) is 50.3 Å². The summed E-state index contributed by atoms with van der Waals surface area (Å²) in [7, 11) is 0. The maximum atomic E-state index is 11.4. The summed E-state index contributed by atoms with van der Waals surface area (Å²) in [6.07, 6.45) is 5.50. The number of thiophene rings is 2. The highest BCUT2D eigenvalue weighted by Crippen LogP contribution is 2.46. The second-order valence-electron chi connectivity index (χ2n) is 4.37. The Morgan fingerprint density at radius 2 is 1.89 bits per heavy atom. The van der Waals surface area contributed by atoms with E-state index in [1.807, 2.05) is 0 Å². The third kappa shape index (κ3) is 3.23. The fourth-order valence-electron chi connectivity index (χ4n) is 2.05. The number of rotatable bonds is 6. The van der Waals surface area contributed by atoms with Gasteiger partial charge < -0.3 is 5.11 Å². The van der Waals surface area contributed by atoms with Gasteiger partial charge in [-0.1, -0.05) is 26.2 Å². The maximum Gasteiger partial charge on any atom is 0.346 e. The molecule has 0 spiro atoms. The van der Waals surface area contributed by atoms with Crippen molar-refractivity contribution in [1.29, 1.82) is 0 Å². The van der Waals surface area contributed by atoms with Gasteiger partial charge in [0.05, 0.1) is 17.7 Å². The van der Waals surface area contributed by atoms with Crippen LogP contribution in [0.3, 0.4) is 0 Å². The van der Waals surface area contributed by atoms with Gasteiger partial charge in [0, 0.05) is 0 Å². The van der Waals surface area contributed by atoms with Crippen molar-refractivity contribution in [2.75, 3.05) is 0 Å². The smallest absolute Gasteiger partial charge is 0.346 e. The van der Waals surface area contributed by atoms with Crippen molar-refractivity contribution < 1.29 is 9.90 Å². The number of aryl methyl sites for hydroxylation is 1. The van der Waals surface area contributed by atoms with Crippen LogP contribution < -0.4 is 0 Å². The summed E-state index contributed by atoms with van der Waals surface area (Å²) in [6, 6.07) is 0. The number of carbonyl (C=O) groups is 1. The number of unbranched alkanes of at least 4 members (excludes halogenated alkanes) is 3. The predicted octanol–water partition coefficient (Wildman–Crippen LogP) is 6.31. The first-order chi connectivity index (χ1) is 9.06. The number of aromatic carboxylic acids is 1. The van der Waals surface area contributed by atoms with Gasteiger partial charge in [0.25, 0.3) is 0 Å². The molecule has 6 heteroatoms. The Labute approximate surface area is 137 Å². The van der Waals surface area contributed by atoms with Gasteiger partial charge in [-0.2, -0.15) is 0 Å². The molecular formula is C13H14Br2O2S2. The zero-order valence-electron chi connectivity index (χ0n) is 10.5. The highest BCUT2D eigenvalue weighted by molar-refractivity contribution is 9.13. The molecule has 0 unspecified atom stereocenters. The largest absolute Gasteiger partial charge is 0.477 e. The molecular weight excluding hydrogens is 412 g/mol. The average Bonchev–Trinajstić information content (AvgIpc) is 2.85. The van der Waals surface area contributed by atoms with Crippen molar-refractivity contribution in [3.05, 3.63) is 18.7 Å². The standard InChI is InChI=1S/C13H14Br2O2S2/c1-2-3-4-5-6-7-9-11(8(14)12(15)19-9)18-10(7)13(16)17/h2-6H2,1H3,(H,16,17). The fraction of sp³-hybridized carbons (Fsp3) is 0.462. The maximum absolute atomic E-state index is 11.4. The van der Waals surface area contributed by atoms with E-state index in [4.69, 9.17) is 0 Å². The highest BCUT2D eigenvalue weighted by atomic mass is 79.9. The summed E-state index contributed by atoms with van der Waals surface area (Å²) >= 11 is 10.0. The van der Waals surface area contributed by atoms with Gasteiger partial charge >= 0.3 is 5.97 Å². The molecule has 0 aliphatic rings. The van der Waals surface area contributed by atoms with Crippen LogP contribution >= 0.6 is 54.5 Å². The Hall–Kier alpha value is 0.0900. The van der Waals surface area contributed by atoms with Crippen LogP contribution in [0.4, 0.5) is 0 Å². The first-order valence-corrected chi connectivity index (χ1v) is 9.40. The van der Waals surface area contributed by atoms with E-state index in [2.05, 4.69) is 38.8 Å².